The van der Waals surface area contributed by atoms with Crippen LogP contribution >= 0.6 is 0 Å². The number of hydrazine groups is 1. The second-order valence-corrected chi connectivity index (χ2v) is 2.43. The highest BCUT2D eigenvalue weighted by Gasteiger charge is 2.11. The minimum atomic E-state index is -0.423. The van der Waals surface area contributed by atoms with Crippen molar-refractivity contribution >= 4 is 12.1 Å². The smallest absolute Gasteiger partial charge is 0.337 e. The topological polar surface area (TPSA) is 64.7 Å². The van der Waals surface area contributed by atoms with Crippen molar-refractivity contribution in [2.24, 2.45) is 0 Å². The fraction of sp³-hybridized carbons (Fsp3) is 0.667. The standard InChI is InChI=1S/C6H14N4O2/c1-7-5(11)8-10(4)6(12)9(2)3/h1-4H3,(H2,7,8,11). The van der Waals surface area contributed by atoms with E-state index < -0.39 is 6.03 Å². The third-order valence-electron chi connectivity index (χ3n) is 1.17. The Bertz CT molecular complexity index is 180. The Balaban J connectivity index is 3.95. The van der Waals surface area contributed by atoms with Crippen molar-refractivity contribution in [3.05, 3.63) is 0 Å². The molecular weight excluding hydrogens is 160 g/mol. The van der Waals surface area contributed by atoms with E-state index >= 15 is 0 Å². The lowest BCUT2D eigenvalue weighted by atomic mass is 10.8. The largest absolute Gasteiger partial charge is 0.340 e. The van der Waals surface area contributed by atoms with Crippen molar-refractivity contribution in [3.8, 4) is 0 Å². The first-order chi connectivity index (χ1) is 5.49. The Labute approximate surface area is 71.5 Å². The van der Waals surface area contributed by atoms with Crippen LogP contribution in [0.5, 0.6) is 0 Å². The first-order valence-corrected chi connectivity index (χ1v) is 3.42. The molecule has 12 heavy (non-hydrogen) atoms. The number of hydrogen-bond acceptors (Lipinski definition) is 2. The molecule has 0 aromatic rings. The van der Waals surface area contributed by atoms with E-state index in [2.05, 4.69) is 10.7 Å². The summed E-state index contributed by atoms with van der Waals surface area (Å²) < 4.78 is 0. The van der Waals surface area contributed by atoms with E-state index in [1.807, 2.05) is 0 Å². The van der Waals surface area contributed by atoms with Crippen molar-refractivity contribution < 1.29 is 9.59 Å². The van der Waals surface area contributed by atoms with Crippen LogP contribution < -0.4 is 10.7 Å². The summed E-state index contributed by atoms with van der Waals surface area (Å²) in [5, 5.41) is 3.42. The van der Waals surface area contributed by atoms with Crippen LogP contribution in [-0.2, 0) is 0 Å². The molecule has 0 fully saturated rings. The normalized spacial score (nSPS) is 8.67. The molecule has 4 amide bonds. The molecule has 0 rings (SSSR count). The van der Waals surface area contributed by atoms with Gasteiger partial charge in [0.1, 0.15) is 0 Å². The average molecular weight is 174 g/mol. The predicted molar refractivity (Wildman–Crippen MR) is 44.4 cm³/mol. The summed E-state index contributed by atoms with van der Waals surface area (Å²) in [4.78, 5) is 23.2. The summed E-state index contributed by atoms with van der Waals surface area (Å²) in [5.41, 5.74) is 2.30. The van der Waals surface area contributed by atoms with Gasteiger partial charge in [-0.15, -0.1) is 0 Å². The molecule has 6 heteroatoms. The molecule has 0 heterocycles. The molecule has 0 atom stereocenters. The molecule has 0 saturated heterocycles. The molecule has 0 radical (unpaired) electrons. The van der Waals surface area contributed by atoms with E-state index in [0.29, 0.717) is 0 Å². The van der Waals surface area contributed by atoms with Crippen molar-refractivity contribution in [2.75, 3.05) is 28.2 Å². The number of urea groups is 2. The third kappa shape index (κ3) is 3.09. The van der Waals surface area contributed by atoms with Crippen LogP contribution in [0.15, 0.2) is 0 Å². The van der Waals surface area contributed by atoms with E-state index in [0.717, 1.165) is 5.01 Å². The molecule has 0 bridgehead atoms. The number of rotatable bonds is 0. The number of carbonyl (C=O) groups is 2. The lowest BCUT2D eigenvalue weighted by Gasteiger charge is -2.21. The SMILES string of the molecule is CNC(=O)NN(C)C(=O)N(C)C. The van der Waals surface area contributed by atoms with Gasteiger partial charge in [-0.2, -0.15) is 0 Å². The second kappa shape index (κ2) is 4.42. The number of amides is 4. The fourth-order valence-electron chi connectivity index (χ4n) is 0.556. The molecule has 6 nitrogen and oxygen atoms in total. The predicted octanol–water partition coefficient (Wildman–Crippen LogP) is -0.556. The van der Waals surface area contributed by atoms with Crippen LogP contribution in [0.3, 0.4) is 0 Å². The Morgan fingerprint density at radius 1 is 1.17 bits per heavy atom. The van der Waals surface area contributed by atoms with Crippen molar-refractivity contribution in [1.82, 2.24) is 20.7 Å². The third-order valence-corrected chi connectivity index (χ3v) is 1.17. The van der Waals surface area contributed by atoms with Gasteiger partial charge in [-0.1, -0.05) is 0 Å². The summed E-state index contributed by atoms with van der Waals surface area (Å²) in [5.74, 6) is 0. The van der Waals surface area contributed by atoms with Crippen molar-refractivity contribution in [1.29, 1.82) is 0 Å². The van der Waals surface area contributed by atoms with E-state index in [-0.39, 0.29) is 6.03 Å². The number of hydrogen-bond donors (Lipinski definition) is 2. The quantitative estimate of drug-likeness (QED) is 0.484. The van der Waals surface area contributed by atoms with Gasteiger partial charge in [0.05, 0.1) is 0 Å². The lowest BCUT2D eigenvalue weighted by molar-refractivity contribution is 0.160. The summed E-state index contributed by atoms with van der Waals surface area (Å²) in [6, 6.07) is -0.716. The molecular formula is C6H14N4O2. The van der Waals surface area contributed by atoms with Gasteiger partial charge < -0.3 is 10.2 Å². The van der Waals surface area contributed by atoms with Gasteiger partial charge in [-0.3, -0.25) is 0 Å². The highest BCUT2D eigenvalue weighted by Crippen LogP contribution is 1.85. The van der Waals surface area contributed by atoms with Gasteiger partial charge in [0.2, 0.25) is 0 Å². The molecule has 0 spiro atoms. The summed E-state index contributed by atoms with van der Waals surface area (Å²) in [6.45, 7) is 0. The molecule has 0 aromatic heterocycles. The number of nitrogens with zero attached hydrogens (tertiary/aromatic N) is 2. The molecule has 0 unspecified atom stereocenters. The van der Waals surface area contributed by atoms with Crippen LogP contribution in [0.1, 0.15) is 0 Å². The zero-order valence-electron chi connectivity index (χ0n) is 7.71. The van der Waals surface area contributed by atoms with E-state index in [1.54, 1.807) is 14.1 Å². The monoisotopic (exact) mass is 174 g/mol. The Morgan fingerprint density at radius 3 is 2.00 bits per heavy atom. The molecule has 0 aromatic carbocycles. The van der Waals surface area contributed by atoms with Crippen LogP contribution in [0.4, 0.5) is 9.59 Å². The average Bonchev–Trinajstić information content (AvgIpc) is 2.02. The first kappa shape index (κ1) is 10.5. The first-order valence-electron chi connectivity index (χ1n) is 3.42. The van der Waals surface area contributed by atoms with E-state index in [4.69, 9.17) is 0 Å². The summed E-state index contributed by atoms with van der Waals surface area (Å²) in [7, 11) is 6.15. The Morgan fingerprint density at radius 2 is 1.67 bits per heavy atom. The van der Waals surface area contributed by atoms with Crippen LogP contribution in [-0.4, -0.2) is 50.2 Å². The van der Waals surface area contributed by atoms with Crippen LogP contribution in [0, 0.1) is 0 Å². The maximum atomic E-state index is 11.1. The molecule has 70 valence electrons. The lowest BCUT2D eigenvalue weighted by Crippen LogP contribution is -2.50. The minimum absolute atomic E-state index is 0.293. The van der Waals surface area contributed by atoms with E-state index in [1.165, 1.54) is 19.0 Å². The zero-order valence-corrected chi connectivity index (χ0v) is 7.71. The van der Waals surface area contributed by atoms with Gasteiger partial charge in [0.15, 0.2) is 0 Å². The summed E-state index contributed by atoms with van der Waals surface area (Å²) in [6.07, 6.45) is 0. The van der Waals surface area contributed by atoms with Gasteiger partial charge in [-0.25, -0.2) is 20.0 Å². The number of carbonyl (C=O) groups excluding carboxylic acids is 2. The van der Waals surface area contributed by atoms with Crippen molar-refractivity contribution in [2.45, 2.75) is 0 Å². The van der Waals surface area contributed by atoms with Crippen LogP contribution in [0.25, 0.3) is 0 Å². The Kier molecular flexibility index (Phi) is 3.89. The molecule has 0 aliphatic heterocycles. The molecule has 2 N–H and O–H groups in total. The van der Waals surface area contributed by atoms with Crippen molar-refractivity contribution in [3.63, 3.8) is 0 Å². The second-order valence-electron chi connectivity index (χ2n) is 2.43. The molecule has 0 aliphatic rings. The molecule has 0 aliphatic carbocycles. The Hall–Kier alpha value is -1.46. The highest BCUT2D eigenvalue weighted by atomic mass is 16.2. The van der Waals surface area contributed by atoms with Gasteiger partial charge in [0.25, 0.3) is 0 Å². The van der Waals surface area contributed by atoms with E-state index in [9.17, 15) is 9.59 Å². The molecule has 0 saturated carbocycles. The summed E-state index contributed by atoms with van der Waals surface area (Å²) >= 11 is 0. The van der Waals surface area contributed by atoms with Crippen LogP contribution in [0.2, 0.25) is 0 Å². The maximum absolute atomic E-state index is 11.1. The van der Waals surface area contributed by atoms with Gasteiger partial charge in [-0.05, 0) is 0 Å². The maximum Gasteiger partial charge on any atom is 0.337 e. The highest BCUT2D eigenvalue weighted by molar-refractivity contribution is 5.79. The minimum Gasteiger partial charge on any atom is -0.340 e. The van der Waals surface area contributed by atoms with Gasteiger partial charge in [0, 0.05) is 28.2 Å². The van der Waals surface area contributed by atoms with Gasteiger partial charge >= 0.3 is 12.1 Å². The number of nitrogens with one attached hydrogen (secondary N) is 2. The zero-order chi connectivity index (χ0) is 9.72. The fourth-order valence-corrected chi connectivity index (χ4v) is 0.556.